The molecule has 1 aliphatic heterocycles. The van der Waals surface area contributed by atoms with Crippen molar-refractivity contribution in [3.05, 3.63) is 61.1 Å². The predicted octanol–water partition coefficient (Wildman–Crippen LogP) is 3.03. The number of para-hydroxylation sites is 1. The van der Waals surface area contributed by atoms with Crippen molar-refractivity contribution in [2.75, 3.05) is 30.4 Å². The summed E-state index contributed by atoms with van der Waals surface area (Å²) >= 11 is 0. The van der Waals surface area contributed by atoms with Crippen molar-refractivity contribution >= 4 is 11.8 Å². The van der Waals surface area contributed by atoms with Gasteiger partial charge in [0, 0.05) is 49.7 Å². The smallest absolute Gasteiger partial charge is 0.225 e. The quantitative estimate of drug-likeness (QED) is 0.501. The zero-order valence-electron chi connectivity index (χ0n) is 18.0. The minimum absolute atomic E-state index is 0.243. The summed E-state index contributed by atoms with van der Waals surface area (Å²) in [5, 5.41) is 16.5. The highest BCUT2D eigenvalue weighted by Gasteiger charge is 2.25. The maximum atomic E-state index is 5.42. The maximum absolute atomic E-state index is 5.42. The highest BCUT2D eigenvalue weighted by atomic mass is 16.5. The van der Waals surface area contributed by atoms with Gasteiger partial charge in [-0.25, -0.2) is 9.97 Å². The molecule has 0 radical (unpaired) electrons. The summed E-state index contributed by atoms with van der Waals surface area (Å²) in [5.74, 6) is 2.26. The number of hydrogen-bond acceptors (Lipinski definition) is 8. The molecule has 1 saturated heterocycles. The van der Waals surface area contributed by atoms with Gasteiger partial charge in [0.05, 0.1) is 24.7 Å². The Kier molecular flexibility index (Phi) is 5.37. The summed E-state index contributed by atoms with van der Waals surface area (Å²) in [7, 11) is 3.55. The Morgan fingerprint density at radius 2 is 1.97 bits per heavy atom. The average molecular weight is 429 g/mol. The SMILES string of the molecule is COc1ccccc1-c1ccc(NC2CCN(c3nccc(-c4cnn(C)c4)n3)C2)nn1. The van der Waals surface area contributed by atoms with Gasteiger partial charge in [0.2, 0.25) is 5.95 Å². The normalized spacial score (nSPS) is 15.7. The van der Waals surface area contributed by atoms with Gasteiger partial charge in [-0.15, -0.1) is 10.2 Å². The fourth-order valence-electron chi connectivity index (χ4n) is 3.89. The average Bonchev–Trinajstić information content (AvgIpc) is 3.49. The first kappa shape index (κ1) is 19.9. The van der Waals surface area contributed by atoms with Gasteiger partial charge in [0.1, 0.15) is 11.6 Å². The monoisotopic (exact) mass is 428 g/mol. The van der Waals surface area contributed by atoms with Crippen LogP contribution in [0.2, 0.25) is 0 Å². The molecular weight excluding hydrogens is 404 g/mol. The van der Waals surface area contributed by atoms with E-state index in [0.717, 1.165) is 59.5 Å². The van der Waals surface area contributed by atoms with Crippen LogP contribution in [-0.4, -0.2) is 56.2 Å². The number of aryl methyl sites for hydroxylation is 1. The molecule has 1 aromatic carbocycles. The molecule has 32 heavy (non-hydrogen) atoms. The Balaban J connectivity index is 1.25. The summed E-state index contributed by atoms with van der Waals surface area (Å²) in [6.07, 6.45) is 6.53. The molecule has 0 aliphatic carbocycles. The van der Waals surface area contributed by atoms with Gasteiger partial charge in [-0.2, -0.15) is 5.10 Å². The third kappa shape index (κ3) is 4.09. The van der Waals surface area contributed by atoms with Crippen LogP contribution in [0.3, 0.4) is 0 Å². The molecular formula is C23H24N8O. The first-order chi connectivity index (χ1) is 15.7. The third-order valence-electron chi connectivity index (χ3n) is 5.51. The lowest BCUT2D eigenvalue weighted by Crippen LogP contribution is -2.27. The van der Waals surface area contributed by atoms with E-state index in [1.807, 2.05) is 61.9 Å². The number of ether oxygens (including phenoxy) is 1. The number of methoxy groups -OCH3 is 1. The Morgan fingerprint density at radius 1 is 1.06 bits per heavy atom. The van der Waals surface area contributed by atoms with Crippen molar-refractivity contribution in [3.63, 3.8) is 0 Å². The van der Waals surface area contributed by atoms with Crippen LogP contribution in [0.25, 0.3) is 22.5 Å². The minimum atomic E-state index is 0.243. The molecule has 3 aromatic heterocycles. The predicted molar refractivity (Wildman–Crippen MR) is 122 cm³/mol. The number of nitrogens with zero attached hydrogens (tertiary/aromatic N) is 7. The van der Waals surface area contributed by atoms with E-state index in [1.165, 1.54) is 0 Å². The second kappa shape index (κ2) is 8.62. The van der Waals surface area contributed by atoms with Crippen LogP contribution >= 0.6 is 0 Å². The van der Waals surface area contributed by atoms with E-state index in [4.69, 9.17) is 9.72 Å². The second-order valence-electron chi connectivity index (χ2n) is 7.72. The Bertz CT molecular complexity index is 1210. The number of benzene rings is 1. The molecule has 1 unspecified atom stereocenters. The number of aromatic nitrogens is 6. The van der Waals surface area contributed by atoms with Gasteiger partial charge in [-0.3, -0.25) is 4.68 Å². The molecule has 4 aromatic rings. The Hall–Kier alpha value is -4.01. The number of anilines is 2. The molecule has 0 amide bonds. The largest absolute Gasteiger partial charge is 0.496 e. The van der Waals surface area contributed by atoms with E-state index in [-0.39, 0.29) is 6.04 Å². The first-order valence-corrected chi connectivity index (χ1v) is 10.5. The fraction of sp³-hybridized carbons (Fsp3) is 0.261. The van der Waals surface area contributed by atoms with Crippen molar-refractivity contribution in [1.82, 2.24) is 29.9 Å². The van der Waals surface area contributed by atoms with Crippen LogP contribution in [0.4, 0.5) is 11.8 Å². The lowest BCUT2D eigenvalue weighted by Gasteiger charge is -2.17. The van der Waals surface area contributed by atoms with Crippen LogP contribution in [0.5, 0.6) is 5.75 Å². The third-order valence-corrected chi connectivity index (χ3v) is 5.51. The van der Waals surface area contributed by atoms with Crippen molar-refractivity contribution in [3.8, 4) is 28.3 Å². The fourth-order valence-corrected chi connectivity index (χ4v) is 3.89. The lowest BCUT2D eigenvalue weighted by molar-refractivity contribution is 0.416. The van der Waals surface area contributed by atoms with Gasteiger partial charge in [0.15, 0.2) is 0 Å². The molecule has 4 heterocycles. The van der Waals surface area contributed by atoms with Crippen molar-refractivity contribution < 1.29 is 4.74 Å². The molecule has 0 bridgehead atoms. The zero-order chi connectivity index (χ0) is 21.9. The van der Waals surface area contributed by atoms with Gasteiger partial charge < -0.3 is 15.0 Å². The zero-order valence-corrected chi connectivity index (χ0v) is 18.0. The van der Waals surface area contributed by atoms with Gasteiger partial charge >= 0.3 is 0 Å². The molecule has 0 saturated carbocycles. The van der Waals surface area contributed by atoms with E-state index in [9.17, 15) is 0 Å². The molecule has 0 spiro atoms. The number of rotatable bonds is 6. The minimum Gasteiger partial charge on any atom is -0.496 e. The molecule has 5 rings (SSSR count). The van der Waals surface area contributed by atoms with E-state index in [1.54, 1.807) is 18.0 Å². The molecule has 1 N–H and O–H groups in total. The number of nitrogens with one attached hydrogen (secondary N) is 1. The van der Waals surface area contributed by atoms with Crippen molar-refractivity contribution in [2.45, 2.75) is 12.5 Å². The Morgan fingerprint density at radius 3 is 2.75 bits per heavy atom. The molecule has 1 fully saturated rings. The highest BCUT2D eigenvalue weighted by molar-refractivity contribution is 5.67. The lowest BCUT2D eigenvalue weighted by atomic mass is 10.1. The Labute approximate surface area is 186 Å². The highest BCUT2D eigenvalue weighted by Crippen LogP contribution is 2.28. The molecule has 9 heteroatoms. The summed E-state index contributed by atoms with van der Waals surface area (Å²) in [4.78, 5) is 11.4. The van der Waals surface area contributed by atoms with E-state index < -0.39 is 0 Å². The van der Waals surface area contributed by atoms with Crippen LogP contribution in [0.15, 0.2) is 61.1 Å². The van der Waals surface area contributed by atoms with E-state index in [0.29, 0.717) is 0 Å². The molecule has 9 nitrogen and oxygen atoms in total. The summed E-state index contributed by atoms with van der Waals surface area (Å²) in [6.45, 7) is 1.67. The van der Waals surface area contributed by atoms with Crippen LogP contribution in [0.1, 0.15) is 6.42 Å². The van der Waals surface area contributed by atoms with Crippen molar-refractivity contribution in [1.29, 1.82) is 0 Å². The van der Waals surface area contributed by atoms with Crippen LogP contribution < -0.4 is 15.0 Å². The molecule has 1 atom stereocenters. The standard InChI is InChI=1S/C23H24N8O/c1-30-14-16(13-25-30)19-9-11-24-23(27-19)31-12-10-17(15-31)26-22-8-7-20(28-29-22)18-5-3-4-6-21(18)32-2/h3-9,11,13-14,17H,10,12,15H2,1-2H3,(H,26,29). The van der Waals surface area contributed by atoms with Gasteiger partial charge in [0.25, 0.3) is 0 Å². The van der Waals surface area contributed by atoms with Gasteiger partial charge in [-0.1, -0.05) is 12.1 Å². The molecule has 1 aliphatic rings. The summed E-state index contributed by atoms with van der Waals surface area (Å²) in [5.41, 5.74) is 3.56. The van der Waals surface area contributed by atoms with Gasteiger partial charge in [-0.05, 0) is 36.8 Å². The number of hydrogen-bond donors (Lipinski definition) is 1. The van der Waals surface area contributed by atoms with Crippen molar-refractivity contribution in [2.24, 2.45) is 7.05 Å². The maximum Gasteiger partial charge on any atom is 0.225 e. The van der Waals surface area contributed by atoms with Crippen LogP contribution in [0, 0.1) is 0 Å². The topological polar surface area (TPSA) is 93.9 Å². The molecule has 162 valence electrons. The first-order valence-electron chi connectivity index (χ1n) is 10.5. The summed E-state index contributed by atoms with van der Waals surface area (Å²) < 4.78 is 7.19. The summed E-state index contributed by atoms with van der Waals surface area (Å²) in [6, 6.07) is 13.9. The van der Waals surface area contributed by atoms with Crippen LogP contribution in [-0.2, 0) is 7.05 Å². The van der Waals surface area contributed by atoms with E-state index in [2.05, 4.69) is 30.5 Å². The second-order valence-corrected chi connectivity index (χ2v) is 7.72. The van der Waals surface area contributed by atoms with E-state index >= 15 is 0 Å².